The largest absolute Gasteiger partial charge is 0.493 e. The zero-order valence-electron chi connectivity index (χ0n) is 16.2. The summed E-state index contributed by atoms with van der Waals surface area (Å²) in [4.78, 5) is 28.7. The van der Waals surface area contributed by atoms with E-state index >= 15 is 0 Å². The van der Waals surface area contributed by atoms with Crippen LogP contribution in [-0.4, -0.2) is 45.5 Å². The lowest BCUT2D eigenvalue weighted by atomic mass is 10.1. The molecular formula is C20H19FN6O3S. The number of aromatic nitrogens is 3. The molecule has 1 aliphatic heterocycles. The number of ether oxygens (including phenoxy) is 1. The van der Waals surface area contributed by atoms with E-state index in [-0.39, 0.29) is 17.8 Å². The fourth-order valence-electron chi connectivity index (χ4n) is 3.00. The summed E-state index contributed by atoms with van der Waals surface area (Å²) in [5.74, 6) is -0.329. The van der Waals surface area contributed by atoms with E-state index in [1.54, 1.807) is 6.07 Å². The van der Waals surface area contributed by atoms with Gasteiger partial charge in [0.2, 0.25) is 0 Å². The molecule has 31 heavy (non-hydrogen) atoms. The fraction of sp³-hybridized carbons (Fsp3) is 0.200. The van der Waals surface area contributed by atoms with Crippen molar-refractivity contribution in [3.63, 3.8) is 0 Å². The van der Waals surface area contributed by atoms with Crippen LogP contribution >= 0.6 is 11.8 Å². The van der Waals surface area contributed by atoms with Crippen LogP contribution in [0.5, 0.6) is 5.75 Å². The van der Waals surface area contributed by atoms with Gasteiger partial charge in [0.25, 0.3) is 11.8 Å². The van der Waals surface area contributed by atoms with Crippen molar-refractivity contribution in [2.75, 3.05) is 17.7 Å². The molecule has 0 aliphatic carbocycles. The quantitative estimate of drug-likeness (QED) is 0.311. The molecule has 4 N–H and O–H groups in total. The molecule has 0 saturated carbocycles. The van der Waals surface area contributed by atoms with Crippen molar-refractivity contribution in [2.45, 2.75) is 17.9 Å². The number of carbonyl (C=O) groups excluding carboxylic acids is 2. The van der Waals surface area contributed by atoms with E-state index in [0.29, 0.717) is 18.1 Å². The SMILES string of the molecule is O=C1NC(C(=O)NCc2cccc(OCCSc3ncn[nH]3)c2)Nc2cccc(F)c21. The van der Waals surface area contributed by atoms with Crippen molar-refractivity contribution >= 4 is 29.3 Å². The second-order valence-corrected chi connectivity index (χ2v) is 7.65. The van der Waals surface area contributed by atoms with Gasteiger partial charge >= 0.3 is 0 Å². The Balaban J connectivity index is 1.27. The van der Waals surface area contributed by atoms with Gasteiger partial charge in [0, 0.05) is 12.3 Å². The Morgan fingerprint density at radius 3 is 2.94 bits per heavy atom. The van der Waals surface area contributed by atoms with Gasteiger partial charge in [0.05, 0.1) is 17.9 Å². The van der Waals surface area contributed by atoms with Crippen molar-refractivity contribution in [1.82, 2.24) is 25.8 Å². The molecule has 4 rings (SSSR count). The third kappa shape index (κ3) is 5.12. The highest BCUT2D eigenvalue weighted by atomic mass is 32.2. The van der Waals surface area contributed by atoms with Gasteiger partial charge in [-0.15, -0.1) is 0 Å². The van der Waals surface area contributed by atoms with Crippen LogP contribution in [0.15, 0.2) is 53.9 Å². The molecule has 0 saturated heterocycles. The molecule has 1 atom stereocenters. The van der Waals surface area contributed by atoms with E-state index in [9.17, 15) is 14.0 Å². The minimum atomic E-state index is -0.991. The summed E-state index contributed by atoms with van der Waals surface area (Å²) in [7, 11) is 0. The predicted molar refractivity (Wildman–Crippen MR) is 112 cm³/mol. The number of fused-ring (bicyclic) bond motifs is 1. The number of benzene rings is 2. The van der Waals surface area contributed by atoms with Crippen molar-refractivity contribution in [3.8, 4) is 5.75 Å². The van der Waals surface area contributed by atoms with E-state index in [0.717, 1.165) is 10.7 Å². The van der Waals surface area contributed by atoms with Crippen LogP contribution in [0.3, 0.4) is 0 Å². The van der Waals surface area contributed by atoms with Gasteiger partial charge in [0.15, 0.2) is 11.3 Å². The smallest absolute Gasteiger partial charge is 0.263 e. The number of H-pyrrole nitrogens is 1. The van der Waals surface area contributed by atoms with Crippen LogP contribution in [0.1, 0.15) is 15.9 Å². The Morgan fingerprint density at radius 2 is 2.10 bits per heavy atom. The third-order valence-electron chi connectivity index (χ3n) is 4.43. The van der Waals surface area contributed by atoms with E-state index in [1.165, 1.54) is 30.2 Å². The second-order valence-electron chi connectivity index (χ2n) is 6.57. The number of rotatable bonds is 8. The number of anilines is 1. The average Bonchev–Trinajstić information content (AvgIpc) is 3.29. The van der Waals surface area contributed by atoms with Gasteiger partial charge in [-0.25, -0.2) is 9.37 Å². The molecule has 9 nitrogen and oxygen atoms in total. The molecule has 2 amide bonds. The van der Waals surface area contributed by atoms with E-state index in [2.05, 4.69) is 31.1 Å². The summed E-state index contributed by atoms with van der Waals surface area (Å²) >= 11 is 1.50. The predicted octanol–water partition coefficient (Wildman–Crippen LogP) is 1.91. The van der Waals surface area contributed by atoms with Crippen molar-refractivity contribution in [1.29, 1.82) is 0 Å². The molecule has 1 aromatic heterocycles. The molecule has 0 spiro atoms. The summed E-state index contributed by atoms with van der Waals surface area (Å²) in [6.07, 6.45) is 0.459. The number of aromatic amines is 1. The number of carbonyl (C=O) groups is 2. The summed E-state index contributed by atoms with van der Waals surface area (Å²) < 4.78 is 19.5. The maximum absolute atomic E-state index is 13.8. The lowest BCUT2D eigenvalue weighted by Crippen LogP contribution is -2.54. The maximum Gasteiger partial charge on any atom is 0.263 e. The first-order valence-electron chi connectivity index (χ1n) is 9.43. The van der Waals surface area contributed by atoms with Gasteiger partial charge in [-0.1, -0.05) is 30.0 Å². The minimum absolute atomic E-state index is 0.0992. The van der Waals surface area contributed by atoms with Gasteiger partial charge in [-0.2, -0.15) is 5.10 Å². The van der Waals surface area contributed by atoms with E-state index < -0.39 is 23.8 Å². The molecule has 0 fully saturated rings. The molecule has 0 bridgehead atoms. The van der Waals surface area contributed by atoms with Crippen LogP contribution in [0.25, 0.3) is 0 Å². The van der Waals surface area contributed by atoms with Crippen LogP contribution < -0.4 is 20.7 Å². The first-order valence-corrected chi connectivity index (χ1v) is 10.4. The van der Waals surface area contributed by atoms with E-state index in [4.69, 9.17) is 4.74 Å². The zero-order valence-corrected chi connectivity index (χ0v) is 17.0. The Labute approximate surface area is 181 Å². The zero-order chi connectivity index (χ0) is 21.6. The van der Waals surface area contributed by atoms with Crippen LogP contribution in [-0.2, 0) is 11.3 Å². The van der Waals surface area contributed by atoms with Crippen LogP contribution in [0, 0.1) is 5.82 Å². The van der Waals surface area contributed by atoms with Crippen LogP contribution in [0.2, 0.25) is 0 Å². The first kappa shape index (κ1) is 20.7. The Bertz CT molecular complexity index is 1080. The topological polar surface area (TPSA) is 121 Å². The summed E-state index contributed by atoms with van der Waals surface area (Å²) in [5, 5.41) is 15.3. The van der Waals surface area contributed by atoms with E-state index in [1.807, 2.05) is 24.3 Å². The van der Waals surface area contributed by atoms with Crippen molar-refractivity contribution in [2.24, 2.45) is 0 Å². The number of halogens is 1. The molecule has 1 unspecified atom stereocenters. The second kappa shape index (κ2) is 9.47. The Kier molecular flexibility index (Phi) is 6.32. The minimum Gasteiger partial charge on any atom is -0.493 e. The van der Waals surface area contributed by atoms with Gasteiger partial charge < -0.3 is 20.7 Å². The molecule has 1 aliphatic rings. The number of thioether (sulfide) groups is 1. The molecule has 2 heterocycles. The Hall–Kier alpha value is -3.60. The van der Waals surface area contributed by atoms with Crippen molar-refractivity contribution in [3.05, 3.63) is 65.7 Å². The summed E-state index contributed by atoms with van der Waals surface area (Å²) in [6, 6.07) is 11.6. The van der Waals surface area contributed by atoms with Crippen molar-refractivity contribution < 1.29 is 18.7 Å². The number of hydrogen-bond acceptors (Lipinski definition) is 7. The third-order valence-corrected chi connectivity index (χ3v) is 5.27. The first-order chi connectivity index (χ1) is 15.1. The molecule has 160 valence electrons. The number of hydrogen-bond donors (Lipinski definition) is 4. The van der Waals surface area contributed by atoms with Gasteiger partial charge in [-0.3, -0.25) is 14.7 Å². The molecule has 0 radical (unpaired) electrons. The highest BCUT2D eigenvalue weighted by Gasteiger charge is 2.30. The van der Waals surface area contributed by atoms with Crippen LogP contribution in [0.4, 0.5) is 10.1 Å². The summed E-state index contributed by atoms with van der Waals surface area (Å²) in [5.41, 5.74) is 1.02. The number of amides is 2. The molecule has 11 heteroatoms. The number of nitrogens with zero attached hydrogens (tertiary/aromatic N) is 2. The molecule has 3 aromatic rings. The maximum atomic E-state index is 13.8. The fourth-order valence-corrected chi connectivity index (χ4v) is 3.60. The Morgan fingerprint density at radius 1 is 1.23 bits per heavy atom. The lowest BCUT2D eigenvalue weighted by Gasteiger charge is -2.27. The van der Waals surface area contributed by atoms with Gasteiger partial charge in [-0.05, 0) is 29.8 Å². The summed E-state index contributed by atoms with van der Waals surface area (Å²) in [6.45, 7) is 0.724. The van der Waals surface area contributed by atoms with Gasteiger partial charge in [0.1, 0.15) is 17.9 Å². The number of nitrogens with one attached hydrogen (secondary N) is 4. The molecule has 2 aromatic carbocycles. The monoisotopic (exact) mass is 442 g/mol. The highest BCUT2D eigenvalue weighted by molar-refractivity contribution is 7.99. The standard InChI is InChI=1S/C20H19FN6O3S/c21-14-5-2-6-15-16(14)18(28)26-17(25-15)19(29)22-10-12-3-1-4-13(9-12)30-7-8-31-20-23-11-24-27-20/h1-6,9,11,17,25H,7-8,10H2,(H,22,29)(H,26,28)(H,23,24,27). The average molecular weight is 442 g/mol. The highest BCUT2D eigenvalue weighted by Crippen LogP contribution is 2.23. The normalized spacial score (nSPS) is 14.9. The molecular weight excluding hydrogens is 423 g/mol. The lowest BCUT2D eigenvalue weighted by molar-refractivity contribution is -0.122.